The van der Waals surface area contributed by atoms with Crippen molar-refractivity contribution in [2.24, 2.45) is 5.73 Å². The molecule has 0 aliphatic carbocycles. The van der Waals surface area contributed by atoms with Gasteiger partial charge in [0.2, 0.25) is 0 Å². The molecule has 0 amide bonds. The highest BCUT2D eigenvalue weighted by Gasteiger charge is 2.16. The number of aromatic nitrogens is 1. The Bertz CT molecular complexity index is 580. The smallest absolute Gasteiger partial charge is 0.130 e. The van der Waals surface area contributed by atoms with Crippen LogP contribution in [0, 0.1) is 0 Å². The Labute approximate surface area is 125 Å². The quantitative estimate of drug-likeness (QED) is 0.886. The molecular formula is C17H21N3O. The van der Waals surface area contributed by atoms with Gasteiger partial charge in [-0.3, -0.25) is 0 Å². The van der Waals surface area contributed by atoms with Gasteiger partial charge in [0.25, 0.3) is 0 Å². The number of benzene rings is 1. The summed E-state index contributed by atoms with van der Waals surface area (Å²) in [6.45, 7) is 2.14. The molecule has 0 radical (unpaired) electrons. The lowest BCUT2D eigenvalue weighted by Crippen LogP contribution is -2.20. The van der Waals surface area contributed by atoms with E-state index in [1.807, 2.05) is 24.4 Å². The molecule has 1 aromatic carbocycles. The van der Waals surface area contributed by atoms with Crippen molar-refractivity contribution in [3.05, 3.63) is 48.2 Å². The third kappa shape index (κ3) is 3.40. The summed E-state index contributed by atoms with van der Waals surface area (Å²) in [5, 5.41) is 3.37. The minimum absolute atomic E-state index is 0.297. The Morgan fingerprint density at radius 1 is 1.24 bits per heavy atom. The van der Waals surface area contributed by atoms with Crippen molar-refractivity contribution in [2.75, 3.05) is 18.5 Å². The van der Waals surface area contributed by atoms with E-state index in [9.17, 15) is 0 Å². The fraction of sp³-hybridized carbons (Fsp3) is 0.353. The predicted molar refractivity (Wildman–Crippen MR) is 85.0 cm³/mol. The van der Waals surface area contributed by atoms with E-state index in [1.165, 1.54) is 0 Å². The second-order valence-electron chi connectivity index (χ2n) is 5.32. The molecule has 3 N–H and O–H groups in total. The molecule has 1 atom stereocenters. The van der Waals surface area contributed by atoms with E-state index in [-0.39, 0.29) is 0 Å². The van der Waals surface area contributed by atoms with Crippen molar-refractivity contribution in [3.8, 4) is 11.1 Å². The van der Waals surface area contributed by atoms with E-state index in [0.717, 1.165) is 48.5 Å². The highest BCUT2D eigenvalue weighted by molar-refractivity contribution is 5.65. The fourth-order valence-corrected chi connectivity index (χ4v) is 2.63. The highest BCUT2D eigenvalue weighted by Crippen LogP contribution is 2.23. The standard InChI is InChI=1S/C17H21N3O/c18-10-14-9-15(13-5-2-1-3-6-13)11-19-17(14)20-12-16-7-4-8-21-16/h1-3,5-6,9,11,16H,4,7-8,10,12,18H2,(H,19,20). The summed E-state index contributed by atoms with van der Waals surface area (Å²) < 4.78 is 5.62. The Kier molecular flexibility index (Phi) is 4.48. The second-order valence-corrected chi connectivity index (χ2v) is 5.32. The topological polar surface area (TPSA) is 60.2 Å². The minimum Gasteiger partial charge on any atom is -0.376 e. The van der Waals surface area contributed by atoms with Crippen molar-refractivity contribution in [2.45, 2.75) is 25.5 Å². The van der Waals surface area contributed by atoms with E-state index in [0.29, 0.717) is 12.6 Å². The molecule has 1 aliphatic rings. The highest BCUT2D eigenvalue weighted by atomic mass is 16.5. The summed E-state index contributed by atoms with van der Waals surface area (Å²) in [7, 11) is 0. The normalized spacial score (nSPS) is 17.9. The maximum atomic E-state index is 5.87. The molecule has 1 aliphatic heterocycles. The summed E-state index contributed by atoms with van der Waals surface area (Å²) in [6.07, 6.45) is 4.46. The number of hydrogen-bond donors (Lipinski definition) is 2. The van der Waals surface area contributed by atoms with Gasteiger partial charge in [0, 0.05) is 37.0 Å². The molecule has 4 nitrogen and oxygen atoms in total. The summed E-state index contributed by atoms with van der Waals surface area (Å²) >= 11 is 0. The Hall–Kier alpha value is -1.91. The zero-order valence-electron chi connectivity index (χ0n) is 12.1. The first-order valence-electron chi connectivity index (χ1n) is 7.46. The lowest BCUT2D eigenvalue weighted by atomic mass is 10.1. The minimum atomic E-state index is 0.297. The van der Waals surface area contributed by atoms with Crippen LogP contribution < -0.4 is 11.1 Å². The van der Waals surface area contributed by atoms with Crippen LogP contribution in [0.25, 0.3) is 11.1 Å². The zero-order valence-corrected chi connectivity index (χ0v) is 12.1. The van der Waals surface area contributed by atoms with Crippen LogP contribution >= 0.6 is 0 Å². The van der Waals surface area contributed by atoms with Gasteiger partial charge in [-0.05, 0) is 24.5 Å². The van der Waals surface area contributed by atoms with E-state index < -0.39 is 0 Å². The molecule has 0 bridgehead atoms. The summed E-state index contributed by atoms with van der Waals surface area (Å²) in [6, 6.07) is 12.3. The van der Waals surface area contributed by atoms with E-state index >= 15 is 0 Å². The van der Waals surface area contributed by atoms with Crippen LogP contribution in [0.2, 0.25) is 0 Å². The van der Waals surface area contributed by atoms with Gasteiger partial charge in [0.05, 0.1) is 6.10 Å². The second kappa shape index (κ2) is 6.70. The number of pyridine rings is 1. The van der Waals surface area contributed by atoms with Gasteiger partial charge in [-0.2, -0.15) is 0 Å². The van der Waals surface area contributed by atoms with Crippen LogP contribution in [0.15, 0.2) is 42.6 Å². The number of nitrogens with one attached hydrogen (secondary N) is 1. The largest absolute Gasteiger partial charge is 0.376 e. The van der Waals surface area contributed by atoms with Gasteiger partial charge in [0.1, 0.15) is 5.82 Å². The molecule has 0 spiro atoms. The van der Waals surface area contributed by atoms with E-state index in [1.54, 1.807) is 0 Å². The molecule has 1 aromatic heterocycles. The number of ether oxygens (including phenoxy) is 1. The van der Waals surface area contributed by atoms with Crippen molar-refractivity contribution in [1.82, 2.24) is 4.98 Å². The van der Waals surface area contributed by atoms with Gasteiger partial charge in [-0.1, -0.05) is 30.3 Å². The van der Waals surface area contributed by atoms with Crippen molar-refractivity contribution < 1.29 is 4.74 Å². The number of nitrogens with two attached hydrogens (primary N) is 1. The van der Waals surface area contributed by atoms with Crippen LogP contribution in [0.4, 0.5) is 5.82 Å². The molecule has 1 fully saturated rings. The van der Waals surface area contributed by atoms with Gasteiger partial charge in [0.15, 0.2) is 0 Å². The first kappa shape index (κ1) is 14.0. The fourth-order valence-electron chi connectivity index (χ4n) is 2.63. The van der Waals surface area contributed by atoms with Crippen molar-refractivity contribution in [1.29, 1.82) is 0 Å². The monoisotopic (exact) mass is 283 g/mol. The molecular weight excluding hydrogens is 262 g/mol. The number of rotatable bonds is 5. The Balaban J connectivity index is 1.75. The van der Waals surface area contributed by atoms with E-state index in [2.05, 4.69) is 28.5 Å². The average molecular weight is 283 g/mol. The number of hydrogen-bond acceptors (Lipinski definition) is 4. The average Bonchev–Trinajstić information content (AvgIpc) is 3.07. The molecule has 1 saturated heterocycles. The third-order valence-corrected chi connectivity index (χ3v) is 3.81. The first-order valence-corrected chi connectivity index (χ1v) is 7.46. The van der Waals surface area contributed by atoms with Crippen LogP contribution in [0.5, 0.6) is 0 Å². The van der Waals surface area contributed by atoms with Gasteiger partial charge >= 0.3 is 0 Å². The predicted octanol–water partition coefficient (Wildman–Crippen LogP) is 2.80. The van der Waals surface area contributed by atoms with Gasteiger partial charge < -0.3 is 15.8 Å². The molecule has 2 aromatic rings. The summed E-state index contributed by atoms with van der Waals surface area (Å²) in [5.41, 5.74) is 9.16. The van der Waals surface area contributed by atoms with Crippen molar-refractivity contribution >= 4 is 5.82 Å². The number of nitrogens with zero attached hydrogens (tertiary/aromatic N) is 1. The molecule has 21 heavy (non-hydrogen) atoms. The molecule has 1 unspecified atom stereocenters. The summed E-state index contributed by atoms with van der Waals surface area (Å²) in [4.78, 5) is 4.54. The van der Waals surface area contributed by atoms with Gasteiger partial charge in [-0.15, -0.1) is 0 Å². The SMILES string of the molecule is NCc1cc(-c2ccccc2)cnc1NCC1CCCO1. The molecule has 110 valence electrons. The van der Waals surface area contributed by atoms with Crippen LogP contribution in [-0.4, -0.2) is 24.2 Å². The zero-order chi connectivity index (χ0) is 14.5. The van der Waals surface area contributed by atoms with Gasteiger partial charge in [-0.25, -0.2) is 4.98 Å². The Morgan fingerprint density at radius 2 is 2.10 bits per heavy atom. The lowest BCUT2D eigenvalue weighted by Gasteiger charge is -2.14. The third-order valence-electron chi connectivity index (χ3n) is 3.81. The van der Waals surface area contributed by atoms with Crippen LogP contribution in [0.1, 0.15) is 18.4 Å². The molecule has 3 rings (SSSR count). The molecule has 0 saturated carbocycles. The maximum Gasteiger partial charge on any atom is 0.130 e. The van der Waals surface area contributed by atoms with Crippen LogP contribution in [0.3, 0.4) is 0 Å². The summed E-state index contributed by atoms with van der Waals surface area (Å²) in [5.74, 6) is 0.868. The van der Waals surface area contributed by atoms with Crippen LogP contribution in [-0.2, 0) is 11.3 Å². The molecule has 2 heterocycles. The maximum absolute atomic E-state index is 5.87. The first-order chi connectivity index (χ1) is 10.4. The van der Waals surface area contributed by atoms with Crippen molar-refractivity contribution in [3.63, 3.8) is 0 Å². The number of anilines is 1. The Morgan fingerprint density at radius 3 is 2.81 bits per heavy atom. The lowest BCUT2D eigenvalue weighted by molar-refractivity contribution is 0.120. The molecule has 4 heteroatoms. The van der Waals surface area contributed by atoms with E-state index in [4.69, 9.17) is 10.5 Å².